The van der Waals surface area contributed by atoms with Crippen LogP contribution in [-0.4, -0.2) is 29.6 Å². The first-order chi connectivity index (χ1) is 9.99. The predicted octanol–water partition coefficient (Wildman–Crippen LogP) is 2.76. The summed E-state index contributed by atoms with van der Waals surface area (Å²) in [6.45, 7) is 5.89. The summed E-state index contributed by atoms with van der Waals surface area (Å²) in [6, 6.07) is 5.21. The van der Waals surface area contributed by atoms with Gasteiger partial charge in [0, 0.05) is 5.69 Å². The van der Waals surface area contributed by atoms with E-state index in [1.807, 2.05) is 39.0 Å². The Hall–Kier alpha value is -1.59. The number of hydrogen-bond acceptors (Lipinski definition) is 3. The van der Waals surface area contributed by atoms with E-state index >= 15 is 0 Å². The SMILES string of the molecule is CCCC(NCC(=O)Nc1c(C)cccc1CC)C(=O)O.Cl. The highest BCUT2D eigenvalue weighted by atomic mass is 35.5. The lowest BCUT2D eigenvalue weighted by atomic mass is 10.1. The smallest absolute Gasteiger partial charge is 0.320 e. The van der Waals surface area contributed by atoms with E-state index < -0.39 is 12.0 Å². The predicted molar refractivity (Wildman–Crippen MR) is 90.8 cm³/mol. The van der Waals surface area contributed by atoms with E-state index in [-0.39, 0.29) is 24.9 Å². The van der Waals surface area contributed by atoms with E-state index in [2.05, 4.69) is 10.6 Å². The number of carbonyl (C=O) groups is 2. The summed E-state index contributed by atoms with van der Waals surface area (Å²) in [4.78, 5) is 23.0. The molecule has 0 radical (unpaired) electrons. The highest BCUT2D eigenvalue weighted by Gasteiger charge is 2.17. The van der Waals surface area contributed by atoms with Crippen molar-refractivity contribution in [2.45, 2.75) is 46.1 Å². The first kappa shape index (κ1) is 20.4. The first-order valence-electron chi connectivity index (χ1n) is 7.34. The largest absolute Gasteiger partial charge is 0.480 e. The Morgan fingerprint density at radius 1 is 1.27 bits per heavy atom. The van der Waals surface area contributed by atoms with E-state index in [9.17, 15) is 9.59 Å². The molecule has 3 N–H and O–H groups in total. The third-order valence-corrected chi connectivity index (χ3v) is 3.39. The van der Waals surface area contributed by atoms with Crippen molar-refractivity contribution < 1.29 is 14.7 Å². The minimum Gasteiger partial charge on any atom is -0.480 e. The zero-order chi connectivity index (χ0) is 15.8. The van der Waals surface area contributed by atoms with E-state index in [1.54, 1.807) is 0 Å². The van der Waals surface area contributed by atoms with E-state index in [0.29, 0.717) is 6.42 Å². The van der Waals surface area contributed by atoms with Crippen molar-refractivity contribution >= 4 is 30.0 Å². The molecule has 1 unspecified atom stereocenters. The monoisotopic (exact) mass is 328 g/mol. The van der Waals surface area contributed by atoms with Crippen molar-refractivity contribution in [1.29, 1.82) is 0 Å². The molecule has 0 aromatic heterocycles. The number of anilines is 1. The lowest BCUT2D eigenvalue weighted by Gasteiger charge is -2.15. The molecule has 0 heterocycles. The molecule has 1 aromatic rings. The number of carboxylic acids is 1. The van der Waals surface area contributed by atoms with Gasteiger partial charge in [-0.05, 0) is 30.9 Å². The Labute approximate surface area is 137 Å². The number of carbonyl (C=O) groups excluding carboxylic acids is 1. The summed E-state index contributed by atoms with van der Waals surface area (Å²) >= 11 is 0. The molecule has 0 saturated heterocycles. The van der Waals surface area contributed by atoms with Gasteiger partial charge in [-0.1, -0.05) is 38.5 Å². The van der Waals surface area contributed by atoms with Gasteiger partial charge in [0.05, 0.1) is 6.54 Å². The number of hydrogen-bond donors (Lipinski definition) is 3. The average Bonchev–Trinajstić information content (AvgIpc) is 2.45. The van der Waals surface area contributed by atoms with Gasteiger partial charge < -0.3 is 10.4 Å². The topological polar surface area (TPSA) is 78.4 Å². The van der Waals surface area contributed by atoms with Gasteiger partial charge in [0.1, 0.15) is 6.04 Å². The molecule has 124 valence electrons. The molecular formula is C16H25ClN2O3. The van der Waals surface area contributed by atoms with Gasteiger partial charge in [0.25, 0.3) is 0 Å². The van der Waals surface area contributed by atoms with Crippen molar-refractivity contribution in [2.75, 3.05) is 11.9 Å². The lowest BCUT2D eigenvalue weighted by Crippen LogP contribution is -2.41. The van der Waals surface area contributed by atoms with Crippen molar-refractivity contribution in [3.05, 3.63) is 29.3 Å². The fourth-order valence-corrected chi connectivity index (χ4v) is 2.20. The van der Waals surface area contributed by atoms with E-state index in [4.69, 9.17) is 5.11 Å². The number of carboxylic acid groups (broad SMARTS) is 1. The van der Waals surface area contributed by atoms with Crippen LogP contribution in [0.4, 0.5) is 5.69 Å². The summed E-state index contributed by atoms with van der Waals surface area (Å²) in [5.74, 6) is -1.14. The van der Waals surface area contributed by atoms with Crippen LogP contribution in [0.25, 0.3) is 0 Å². The number of para-hydroxylation sites is 1. The van der Waals surface area contributed by atoms with Crippen LogP contribution in [0.15, 0.2) is 18.2 Å². The summed E-state index contributed by atoms with van der Waals surface area (Å²) in [7, 11) is 0. The highest BCUT2D eigenvalue weighted by Crippen LogP contribution is 2.20. The Balaban J connectivity index is 0.00000441. The average molecular weight is 329 g/mol. The Morgan fingerprint density at radius 3 is 2.50 bits per heavy atom. The van der Waals surface area contributed by atoms with E-state index in [1.165, 1.54) is 0 Å². The van der Waals surface area contributed by atoms with Gasteiger partial charge in [-0.3, -0.25) is 14.9 Å². The van der Waals surface area contributed by atoms with Crippen LogP contribution < -0.4 is 10.6 Å². The van der Waals surface area contributed by atoms with Crippen molar-refractivity contribution in [3.63, 3.8) is 0 Å². The standard InChI is InChI=1S/C16H24N2O3.ClH/c1-4-7-13(16(20)21)17-10-14(19)18-15-11(3)8-6-9-12(15)5-2;/h6,8-9,13,17H,4-5,7,10H2,1-3H3,(H,18,19)(H,20,21);1H. The highest BCUT2D eigenvalue weighted by molar-refractivity contribution is 5.94. The second-order valence-corrected chi connectivity index (χ2v) is 5.07. The molecule has 5 nitrogen and oxygen atoms in total. The number of amides is 1. The zero-order valence-corrected chi connectivity index (χ0v) is 14.1. The molecule has 0 saturated carbocycles. The molecule has 1 rings (SSSR count). The van der Waals surface area contributed by atoms with E-state index in [0.717, 1.165) is 29.7 Å². The Bertz CT molecular complexity index is 506. The summed E-state index contributed by atoms with van der Waals surface area (Å²) in [5.41, 5.74) is 2.91. The maximum Gasteiger partial charge on any atom is 0.320 e. The number of aryl methyl sites for hydroxylation is 2. The molecule has 1 atom stereocenters. The summed E-state index contributed by atoms with van der Waals surface area (Å²) < 4.78 is 0. The van der Waals surface area contributed by atoms with Gasteiger partial charge >= 0.3 is 5.97 Å². The van der Waals surface area contributed by atoms with Crippen LogP contribution in [0, 0.1) is 6.92 Å². The van der Waals surface area contributed by atoms with Crippen molar-refractivity contribution in [2.24, 2.45) is 0 Å². The van der Waals surface area contributed by atoms with Gasteiger partial charge in [0.15, 0.2) is 0 Å². The fourth-order valence-electron chi connectivity index (χ4n) is 2.20. The molecule has 0 aliphatic heterocycles. The molecule has 0 aliphatic rings. The number of halogens is 1. The van der Waals surface area contributed by atoms with Crippen LogP contribution in [0.2, 0.25) is 0 Å². The van der Waals surface area contributed by atoms with Crippen LogP contribution in [0.1, 0.15) is 37.8 Å². The maximum absolute atomic E-state index is 12.0. The number of nitrogens with one attached hydrogen (secondary N) is 2. The maximum atomic E-state index is 12.0. The lowest BCUT2D eigenvalue weighted by molar-refractivity contribution is -0.139. The van der Waals surface area contributed by atoms with Gasteiger partial charge in [-0.25, -0.2) is 0 Å². The molecular weight excluding hydrogens is 304 g/mol. The number of aliphatic carboxylic acids is 1. The molecule has 1 aromatic carbocycles. The minimum absolute atomic E-state index is 0. The number of rotatable bonds is 8. The third-order valence-electron chi connectivity index (χ3n) is 3.39. The van der Waals surface area contributed by atoms with Crippen LogP contribution in [0.3, 0.4) is 0 Å². The molecule has 6 heteroatoms. The van der Waals surface area contributed by atoms with Crippen LogP contribution in [0.5, 0.6) is 0 Å². The van der Waals surface area contributed by atoms with Crippen molar-refractivity contribution in [3.8, 4) is 0 Å². The quantitative estimate of drug-likeness (QED) is 0.685. The van der Waals surface area contributed by atoms with Crippen LogP contribution >= 0.6 is 12.4 Å². The second-order valence-electron chi connectivity index (χ2n) is 5.07. The number of benzene rings is 1. The molecule has 1 amide bonds. The third kappa shape index (κ3) is 6.03. The molecule has 0 bridgehead atoms. The molecule has 0 fully saturated rings. The Kier molecular flexibility index (Phi) is 9.45. The summed E-state index contributed by atoms with van der Waals surface area (Å²) in [6.07, 6.45) is 2.09. The van der Waals surface area contributed by atoms with Gasteiger partial charge in [-0.2, -0.15) is 0 Å². The first-order valence-corrected chi connectivity index (χ1v) is 7.34. The minimum atomic E-state index is -0.921. The molecule has 0 aliphatic carbocycles. The fraction of sp³-hybridized carbons (Fsp3) is 0.500. The molecule has 22 heavy (non-hydrogen) atoms. The van der Waals surface area contributed by atoms with Crippen molar-refractivity contribution in [1.82, 2.24) is 5.32 Å². The molecule has 0 spiro atoms. The second kappa shape index (κ2) is 10.2. The van der Waals surface area contributed by atoms with Gasteiger partial charge in [-0.15, -0.1) is 12.4 Å². The zero-order valence-electron chi connectivity index (χ0n) is 13.3. The van der Waals surface area contributed by atoms with Crippen LogP contribution in [-0.2, 0) is 16.0 Å². The summed E-state index contributed by atoms with van der Waals surface area (Å²) in [5, 5.41) is 14.7. The normalized spacial score (nSPS) is 11.4. The van der Waals surface area contributed by atoms with Gasteiger partial charge in [0.2, 0.25) is 5.91 Å². The Morgan fingerprint density at radius 2 is 1.95 bits per heavy atom.